The molecule has 0 radical (unpaired) electrons. The number of hydrogen-bond acceptors (Lipinski definition) is 1. The van der Waals surface area contributed by atoms with Gasteiger partial charge in [0.25, 0.3) is 0 Å². The topological polar surface area (TPSA) is 12.0 Å². The predicted octanol–water partition coefficient (Wildman–Crippen LogP) is 5.64. The van der Waals surface area contributed by atoms with Crippen molar-refractivity contribution in [1.82, 2.24) is 5.32 Å². The summed E-state index contributed by atoms with van der Waals surface area (Å²) in [7, 11) is 2.10. The third-order valence-corrected chi connectivity index (χ3v) is 4.72. The molecule has 1 rings (SSSR count). The zero-order valence-corrected chi connectivity index (χ0v) is 15.6. The smallest absolute Gasteiger partial charge is 0.0325 e. The van der Waals surface area contributed by atoms with Crippen molar-refractivity contribution < 1.29 is 0 Å². The minimum Gasteiger partial charge on any atom is -0.313 e. The third-order valence-electron chi connectivity index (χ3n) is 4.72. The van der Waals surface area contributed by atoms with E-state index in [1.54, 1.807) is 0 Å². The van der Waals surface area contributed by atoms with E-state index in [0.29, 0.717) is 11.5 Å². The van der Waals surface area contributed by atoms with E-state index >= 15 is 0 Å². The summed E-state index contributed by atoms with van der Waals surface area (Å²) in [6, 6.07) is 2.78. The van der Waals surface area contributed by atoms with Crippen molar-refractivity contribution in [2.75, 3.05) is 7.05 Å². The molecule has 21 heavy (non-hydrogen) atoms. The van der Waals surface area contributed by atoms with Crippen molar-refractivity contribution in [3.05, 3.63) is 33.9 Å². The van der Waals surface area contributed by atoms with Gasteiger partial charge in [-0.2, -0.15) is 0 Å². The second kappa shape index (κ2) is 6.96. The van der Waals surface area contributed by atoms with Crippen molar-refractivity contribution in [3.63, 3.8) is 0 Å². The fourth-order valence-corrected chi connectivity index (χ4v) is 3.68. The highest BCUT2D eigenvalue weighted by molar-refractivity contribution is 5.45. The summed E-state index contributed by atoms with van der Waals surface area (Å²) < 4.78 is 0. The molecule has 1 aromatic carbocycles. The van der Waals surface area contributed by atoms with E-state index in [4.69, 9.17) is 0 Å². The Morgan fingerprint density at radius 1 is 1.00 bits per heavy atom. The molecule has 1 aromatic rings. The number of nitrogens with one attached hydrogen (secondary N) is 1. The summed E-state index contributed by atoms with van der Waals surface area (Å²) in [4.78, 5) is 0. The first kappa shape index (κ1) is 18.2. The first-order valence-corrected chi connectivity index (χ1v) is 8.31. The minimum atomic E-state index is 0.407. The summed E-state index contributed by atoms with van der Waals surface area (Å²) in [6.07, 6.45) is 2.48. The molecule has 2 unspecified atom stereocenters. The van der Waals surface area contributed by atoms with Crippen LogP contribution in [0.4, 0.5) is 0 Å². The number of benzene rings is 1. The van der Waals surface area contributed by atoms with Gasteiger partial charge in [0.15, 0.2) is 0 Å². The highest BCUT2D eigenvalue weighted by atomic mass is 14.9. The van der Waals surface area contributed by atoms with Crippen LogP contribution in [0, 0.1) is 39.0 Å². The Balaban J connectivity index is 3.06. The summed E-state index contributed by atoms with van der Waals surface area (Å²) in [6.45, 7) is 18.4. The average Bonchev–Trinajstić information content (AvgIpc) is 2.33. The van der Waals surface area contributed by atoms with Crippen molar-refractivity contribution in [2.45, 2.75) is 74.3 Å². The number of aryl methyl sites for hydroxylation is 2. The largest absolute Gasteiger partial charge is 0.313 e. The highest BCUT2D eigenvalue weighted by Crippen LogP contribution is 2.34. The van der Waals surface area contributed by atoms with Gasteiger partial charge in [-0.1, -0.05) is 33.8 Å². The molecule has 0 amide bonds. The van der Waals surface area contributed by atoms with Gasteiger partial charge < -0.3 is 5.32 Å². The predicted molar refractivity (Wildman–Crippen MR) is 95.0 cm³/mol. The molecule has 0 aromatic heterocycles. The van der Waals surface area contributed by atoms with Crippen molar-refractivity contribution in [1.29, 1.82) is 0 Å². The fraction of sp³-hybridized carbons (Fsp3) is 0.700. The Kier molecular flexibility index (Phi) is 6.04. The first-order chi connectivity index (χ1) is 9.56. The summed E-state index contributed by atoms with van der Waals surface area (Å²) >= 11 is 0. The molecule has 0 bridgehead atoms. The molecule has 0 saturated carbocycles. The molecule has 0 spiro atoms. The zero-order chi connectivity index (χ0) is 16.4. The number of rotatable bonds is 5. The SMILES string of the molecule is CNC(CC(C)CC(C)(C)C)c1c(C)c(C)cc(C)c1C. The quantitative estimate of drug-likeness (QED) is 0.739. The molecule has 120 valence electrons. The van der Waals surface area contributed by atoms with Crippen LogP contribution in [-0.4, -0.2) is 7.05 Å². The summed E-state index contributed by atoms with van der Waals surface area (Å²) in [5.74, 6) is 0.724. The monoisotopic (exact) mass is 289 g/mol. The Bertz CT molecular complexity index is 453. The Hall–Kier alpha value is -0.820. The summed E-state index contributed by atoms with van der Waals surface area (Å²) in [5, 5.41) is 3.57. The lowest BCUT2D eigenvalue weighted by atomic mass is 9.80. The Morgan fingerprint density at radius 3 is 1.86 bits per heavy atom. The number of hydrogen-bond donors (Lipinski definition) is 1. The Morgan fingerprint density at radius 2 is 1.48 bits per heavy atom. The van der Waals surface area contributed by atoms with Crippen LogP contribution in [0.15, 0.2) is 6.07 Å². The van der Waals surface area contributed by atoms with Crippen LogP contribution >= 0.6 is 0 Å². The Labute approximate surface area is 132 Å². The molecule has 1 N–H and O–H groups in total. The molecule has 0 saturated heterocycles. The molecule has 1 heteroatoms. The second-order valence-electron chi connectivity index (χ2n) is 8.12. The molecular weight excluding hydrogens is 254 g/mol. The first-order valence-electron chi connectivity index (χ1n) is 8.31. The van der Waals surface area contributed by atoms with Crippen LogP contribution in [0.3, 0.4) is 0 Å². The van der Waals surface area contributed by atoms with Crippen LogP contribution < -0.4 is 5.32 Å². The lowest BCUT2D eigenvalue weighted by molar-refractivity contribution is 0.278. The highest BCUT2D eigenvalue weighted by Gasteiger charge is 2.22. The van der Waals surface area contributed by atoms with E-state index in [1.165, 1.54) is 40.7 Å². The normalized spacial score (nSPS) is 15.1. The summed E-state index contributed by atoms with van der Waals surface area (Å²) in [5.41, 5.74) is 7.68. The van der Waals surface area contributed by atoms with Crippen LogP contribution in [0.2, 0.25) is 0 Å². The van der Waals surface area contributed by atoms with Gasteiger partial charge >= 0.3 is 0 Å². The van der Waals surface area contributed by atoms with Gasteiger partial charge in [0, 0.05) is 6.04 Å². The van der Waals surface area contributed by atoms with Crippen LogP contribution in [0.5, 0.6) is 0 Å². The zero-order valence-electron chi connectivity index (χ0n) is 15.6. The lowest BCUT2D eigenvalue weighted by Crippen LogP contribution is -2.23. The maximum Gasteiger partial charge on any atom is 0.0325 e. The molecule has 0 heterocycles. The second-order valence-corrected chi connectivity index (χ2v) is 8.12. The van der Waals surface area contributed by atoms with Crippen molar-refractivity contribution in [3.8, 4) is 0 Å². The van der Waals surface area contributed by atoms with E-state index in [1.807, 2.05) is 0 Å². The molecule has 0 aliphatic rings. The van der Waals surface area contributed by atoms with E-state index in [-0.39, 0.29) is 0 Å². The van der Waals surface area contributed by atoms with Crippen LogP contribution in [0.25, 0.3) is 0 Å². The van der Waals surface area contributed by atoms with Gasteiger partial charge in [0.05, 0.1) is 0 Å². The van der Waals surface area contributed by atoms with Crippen molar-refractivity contribution in [2.24, 2.45) is 11.3 Å². The van der Waals surface area contributed by atoms with Gasteiger partial charge in [-0.3, -0.25) is 0 Å². The van der Waals surface area contributed by atoms with Gasteiger partial charge in [0.1, 0.15) is 0 Å². The molecular formula is C20H35N. The van der Waals surface area contributed by atoms with Crippen molar-refractivity contribution >= 4 is 0 Å². The van der Waals surface area contributed by atoms with Crippen LogP contribution in [0.1, 0.15) is 74.4 Å². The molecule has 0 aliphatic carbocycles. The fourth-order valence-electron chi connectivity index (χ4n) is 3.68. The van der Waals surface area contributed by atoms with E-state index in [2.05, 4.69) is 73.8 Å². The minimum absolute atomic E-state index is 0.407. The van der Waals surface area contributed by atoms with E-state index in [0.717, 1.165) is 5.92 Å². The molecule has 1 nitrogen and oxygen atoms in total. The van der Waals surface area contributed by atoms with E-state index < -0.39 is 0 Å². The van der Waals surface area contributed by atoms with Crippen LogP contribution in [-0.2, 0) is 0 Å². The van der Waals surface area contributed by atoms with E-state index in [9.17, 15) is 0 Å². The maximum absolute atomic E-state index is 3.57. The average molecular weight is 290 g/mol. The molecule has 2 atom stereocenters. The lowest BCUT2D eigenvalue weighted by Gasteiger charge is -2.29. The standard InChI is InChI=1S/C20H35N/c1-13(12-20(6,7)8)10-18(21-9)19-16(4)14(2)11-15(3)17(19)5/h11,13,18,21H,10,12H2,1-9H3. The van der Waals surface area contributed by atoms with Gasteiger partial charge in [-0.25, -0.2) is 0 Å². The maximum atomic E-state index is 3.57. The molecule has 0 fully saturated rings. The van der Waals surface area contributed by atoms with Gasteiger partial charge in [0.2, 0.25) is 0 Å². The van der Waals surface area contributed by atoms with Gasteiger partial charge in [-0.15, -0.1) is 0 Å². The van der Waals surface area contributed by atoms with Gasteiger partial charge in [-0.05, 0) is 86.7 Å². The third kappa shape index (κ3) is 4.85. The molecule has 0 aliphatic heterocycles.